The quantitative estimate of drug-likeness (QED) is 0.794. The van der Waals surface area contributed by atoms with Gasteiger partial charge in [0.05, 0.1) is 17.2 Å². The number of rotatable bonds is 0. The lowest BCUT2D eigenvalue weighted by atomic mass is 9.99. The van der Waals surface area contributed by atoms with Gasteiger partial charge in [-0.15, -0.1) is 24.8 Å². The van der Waals surface area contributed by atoms with Crippen molar-refractivity contribution in [3.05, 3.63) is 34.9 Å². The van der Waals surface area contributed by atoms with E-state index in [0.717, 1.165) is 6.07 Å². The number of alkyl halides is 3. The SMILES string of the molecule is Cl.Cl.O=C1c2c(cccc2C(F)(F)F)[C@@H]2CNCCN12. The summed E-state index contributed by atoms with van der Waals surface area (Å²) < 4.78 is 38.7. The molecule has 3 nitrogen and oxygen atoms in total. The number of nitrogens with one attached hydrogen (secondary N) is 1. The third kappa shape index (κ3) is 2.47. The lowest BCUT2D eigenvalue weighted by molar-refractivity contribution is -0.137. The van der Waals surface area contributed by atoms with Crippen LogP contribution in [0.3, 0.4) is 0 Å². The van der Waals surface area contributed by atoms with E-state index in [2.05, 4.69) is 5.32 Å². The molecule has 1 fully saturated rings. The summed E-state index contributed by atoms with van der Waals surface area (Å²) in [5.41, 5.74) is -0.500. The van der Waals surface area contributed by atoms with Gasteiger partial charge >= 0.3 is 6.18 Å². The molecular formula is C12H13Cl2F3N2O. The summed E-state index contributed by atoms with van der Waals surface area (Å²) in [4.78, 5) is 13.6. The first-order valence-electron chi connectivity index (χ1n) is 5.72. The van der Waals surface area contributed by atoms with E-state index in [-0.39, 0.29) is 36.4 Å². The van der Waals surface area contributed by atoms with Gasteiger partial charge in [-0.25, -0.2) is 0 Å². The molecule has 1 aromatic rings. The van der Waals surface area contributed by atoms with E-state index < -0.39 is 17.6 Å². The van der Waals surface area contributed by atoms with E-state index in [1.807, 2.05) is 0 Å². The molecule has 0 unspecified atom stereocenters. The van der Waals surface area contributed by atoms with Crippen LogP contribution in [0.1, 0.15) is 27.5 Å². The zero-order valence-corrected chi connectivity index (χ0v) is 11.9. The van der Waals surface area contributed by atoms with Gasteiger partial charge in [0.2, 0.25) is 0 Å². The fraction of sp³-hybridized carbons (Fsp3) is 0.417. The fourth-order valence-corrected chi connectivity index (χ4v) is 2.69. The van der Waals surface area contributed by atoms with Gasteiger partial charge in [0.25, 0.3) is 5.91 Å². The average molecular weight is 329 g/mol. The lowest BCUT2D eigenvalue weighted by Gasteiger charge is -2.30. The van der Waals surface area contributed by atoms with Crippen molar-refractivity contribution >= 4 is 30.7 Å². The van der Waals surface area contributed by atoms with Crippen molar-refractivity contribution in [1.29, 1.82) is 0 Å². The summed E-state index contributed by atoms with van der Waals surface area (Å²) in [6, 6.07) is 3.69. The van der Waals surface area contributed by atoms with Gasteiger partial charge in [0, 0.05) is 19.6 Å². The highest BCUT2D eigenvalue weighted by Gasteiger charge is 2.44. The van der Waals surface area contributed by atoms with Gasteiger partial charge in [0.15, 0.2) is 0 Å². The first kappa shape index (κ1) is 17.1. The third-order valence-electron chi connectivity index (χ3n) is 3.48. The third-order valence-corrected chi connectivity index (χ3v) is 3.48. The van der Waals surface area contributed by atoms with Crippen molar-refractivity contribution in [2.45, 2.75) is 12.2 Å². The Hall–Kier alpha value is -0.980. The van der Waals surface area contributed by atoms with Crippen LogP contribution in [0.5, 0.6) is 0 Å². The average Bonchev–Trinajstić information content (AvgIpc) is 2.63. The normalized spacial score (nSPS) is 20.6. The zero-order chi connectivity index (χ0) is 12.9. The molecule has 1 aromatic carbocycles. The predicted molar refractivity (Wildman–Crippen MR) is 72.6 cm³/mol. The molecule has 20 heavy (non-hydrogen) atoms. The number of nitrogens with zero attached hydrogens (tertiary/aromatic N) is 1. The summed E-state index contributed by atoms with van der Waals surface area (Å²) in [6.07, 6.45) is -4.48. The van der Waals surface area contributed by atoms with Crippen LogP contribution in [0.15, 0.2) is 18.2 Å². The molecule has 3 rings (SSSR count). The summed E-state index contributed by atoms with van der Waals surface area (Å²) in [5.74, 6) is -0.496. The van der Waals surface area contributed by atoms with Gasteiger partial charge in [-0.1, -0.05) is 12.1 Å². The molecular weight excluding hydrogens is 316 g/mol. The number of hydrogen-bond acceptors (Lipinski definition) is 2. The first-order chi connectivity index (χ1) is 8.50. The minimum absolute atomic E-state index is 0. The van der Waals surface area contributed by atoms with Crippen LogP contribution >= 0.6 is 24.8 Å². The zero-order valence-electron chi connectivity index (χ0n) is 10.2. The standard InChI is InChI=1S/C12H11F3N2O.2ClH/c13-12(14,15)8-3-1-2-7-9-6-16-4-5-17(9)11(18)10(7)8;;/h1-3,9,16H,4-6H2;2*1H/t9-;;/m0../s1. The second kappa shape index (κ2) is 5.79. The van der Waals surface area contributed by atoms with Crippen LogP contribution in [-0.2, 0) is 6.18 Å². The first-order valence-corrected chi connectivity index (χ1v) is 5.72. The van der Waals surface area contributed by atoms with E-state index in [0.29, 0.717) is 25.2 Å². The second-order valence-corrected chi connectivity index (χ2v) is 4.49. The van der Waals surface area contributed by atoms with Crippen LogP contribution in [-0.4, -0.2) is 30.4 Å². The molecule has 1 atom stereocenters. The number of fused-ring (bicyclic) bond motifs is 3. The maximum Gasteiger partial charge on any atom is 0.417 e. The van der Waals surface area contributed by atoms with Crippen molar-refractivity contribution in [2.24, 2.45) is 0 Å². The van der Waals surface area contributed by atoms with Crippen molar-refractivity contribution in [2.75, 3.05) is 19.6 Å². The molecule has 1 N–H and O–H groups in total. The molecule has 0 spiro atoms. The Labute approximate surface area is 126 Å². The van der Waals surface area contributed by atoms with Gasteiger partial charge < -0.3 is 10.2 Å². The van der Waals surface area contributed by atoms with Crippen LogP contribution in [0.2, 0.25) is 0 Å². The van der Waals surface area contributed by atoms with Crippen molar-refractivity contribution in [3.8, 4) is 0 Å². The Morgan fingerprint density at radius 1 is 1.25 bits per heavy atom. The molecule has 8 heteroatoms. The highest BCUT2D eigenvalue weighted by atomic mass is 35.5. The minimum Gasteiger partial charge on any atom is -0.329 e. The van der Waals surface area contributed by atoms with Crippen LogP contribution < -0.4 is 5.32 Å². The molecule has 1 amide bonds. The number of carbonyl (C=O) groups excluding carboxylic acids is 1. The highest BCUT2D eigenvalue weighted by Crippen LogP contribution is 2.41. The molecule has 2 aliphatic rings. The topological polar surface area (TPSA) is 32.3 Å². The predicted octanol–water partition coefficient (Wildman–Crippen LogP) is 2.65. The van der Waals surface area contributed by atoms with Gasteiger partial charge in [-0.05, 0) is 11.6 Å². The molecule has 2 aliphatic heterocycles. The Balaban J connectivity index is 0.000001000. The number of carbonyl (C=O) groups is 1. The number of benzene rings is 1. The van der Waals surface area contributed by atoms with Crippen LogP contribution in [0, 0.1) is 0 Å². The van der Waals surface area contributed by atoms with E-state index in [1.165, 1.54) is 11.0 Å². The number of hydrogen-bond donors (Lipinski definition) is 1. The number of piperazine rings is 1. The molecule has 0 saturated carbocycles. The van der Waals surface area contributed by atoms with E-state index in [1.54, 1.807) is 6.07 Å². The van der Waals surface area contributed by atoms with Gasteiger partial charge in [0.1, 0.15) is 0 Å². The number of halogens is 5. The Morgan fingerprint density at radius 3 is 2.60 bits per heavy atom. The Bertz CT molecular complexity index is 522. The van der Waals surface area contributed by atoms with Crippen molar-refractivity contribution in [1.82, 2.24) is 10.2 Å². The molecule has 112 valence electrons. The van der Waals surface area contributed by atoms with Gasteiger partial charge in [-0.2, -0.15) is 13.2 Å². The summed E-state index contributed by atoms with van der Waals surface area (Å²) in [6.45, 7) is 1.59. The minimum atomic E-state index is -4.48. The van der Waals surface area contributed by atoms with E-state index in [9.17, 15) is 18.0 Å². The van der Waals surface area contributed by atoms with Crippen molar-refractivity contribution in [3.63, 3.8) is 0 Å². The van der Waals surface area contributed by atoms with Crippen molar-refractivity contribution < 1.29 is 18.0 Å². The molecule has 0 aromatic heterocycles. The smallest absolute Gasteiger partial charge is 0.329 e. The monoisotopic (exact) mass is 328 g/mol. The summed E-state index contributed by atoms with van der Waals surface area (Å²) in [5, 5.41) is 3.10. The highest BCUT2D eigenvalue weighted by molar-refractivity contribution is 6.01. The maximum atomic E-state index is 12.9. The maximum absolute atomic E-state index is 12.9. The lowest BCUT2D eigenvalue weighted by Crippen LogP contribution is -2.44. The largest absolute Gasteiger partial charge is 0.417 e. The molecule has 0 bridgehead atoms. The molecule has 0 radical (unpaired) electrons. The summed E-state index contributed by atoms with van der Waals surface area (Å²) >= 11 is 0. The second-order valence-electron chi connectivity index (χ2n) is 4.49. The van der Waals surface area contributed by atoms with E-state index in [4.69, 9.17) is 0 Å². The Kier molecular flexibility index (Phi) is 4.94. The molecule has 0 aliphatic carbocycles. The van der Waals surface area contributed by atoms with Crippen LogP contribution in [0.4, 0.5) is 13.2 Å². The number of amides is 1. The van der Waals surface area contributed by atoms with E-state index >= 15 is 0 Å². The Morgan fingerprint density at radius 2 is 1.95 bits per heavy atom. The molecule has 1 saturated heterocycles. The van der Waals surface area contributed by atoms with Crippen LogP contribution in [0.25, 0.3) is 0 Å². The summed E-state index contributed by atoms with van der Waals surface area (Å²) in [7, 11) is 0. The fourth-order valence-electron chi connectivity index (χ4n) is 2.69. The van der Waals surface area contributed by atoms with Gasteiger partial charge in [-0.3, -0.25) is 4.79 Å². The molecule has 2 heterocycles.